The van der Waals surface area contributed by atoms with Crippen molar-refractivity contribution >= 4 is 20.9 Å². The van der Waals surface area contributed by atoms with E-state index in [9.17, 15) is 0 Å². The zero-order chi connectivity index (χ0) is 28.1. The van der Waals surface area contributed by atoms with E-state index < -0.39 is 0 Å². The number of hydrogen-bond donors (Lipinski definition) is 0. The summed E-state index contributed by atoms with van der Waals surface area (Å²) in [4.78, 5) is 0. The maximum Gasteiger partial charge on any atom is 0.293 e. The van der Waals surface area contributed by atoms with E-state index >= 15 is 0 Å². The van der Waals surface area contributed by atoms with E-state index in [2.05, 4.69) is 14.2 Å². The molecule has 0 N–H and O–H groups in total. The van der Waals surface area contributed by atoms with E-state index in [0.717, 1.165) is 56.5 Å². The summed E-state index contributed by atoms with van der Waals surface area (Å²) in [6.45, 7) is 2.24. The molecule has 0 aromatic rings. The Hall–Kier alpha value is 0.0748. The Labute approximate surface area is 262 Å². The molecule has 0 radical (unpaired) electrons. The van der Waals surface area contributed by atoms with Crippen LogP contribution in [0, 0.1) is 0 Å². The van der Waals surface area contributed by atoms with Crippen LogP contribution in [0.2, 0.25) is 17.5 Å². The molecule has 6 aliphatic carbocycles. The third-order valence-electron chi connectivity index (χ3n) is 14.0. The fourth-order valence-electron chi connectivity index (χ4n) is 12.1. The van der Waals surface area contributed by atoms with Gasteiger partial charge in [-0.3, -0.25) is 0 Å². The second-order valence-corrected chi connectivity index (χ2v) is 16.7. The molecule has 234 valence electrons. The largest absolute Gasteiger partial charge is 0.354 e. The molecule has 0 atom stereocenters. The summed E-state index contributed by atoms with van der Waals surface area (Å²) in [5.74, 6) is 2.77. The Morgan fingerprint density at radius 3 is 0.643 bits per heavy atom. The van der Waals surface area contributed by atoms with E-state index in [4.69, 9.17) is 0 Å². The van der Waals surface area contributed by atoms with Gasteiger partial charge in [0.25, 0.3) is 20.9 Å². The van der Waals surface area contributed by atoms with Crippen molar-refractivity contribution in [3.05, 3.63) is 0 Å². The summed E-state index contributed by atoms with van der Waals surface area (Å²) in [5, 5.41) is 0. The minimum absolute atomic E-state index is 0.746. The Morgan fingerprint density at radius 2 is 0.429 bits per heavy atom. The molecular weight excluding hydrogens is 507 g/mol. The second-order valence-electron chi connectivity index (χ2n) is 16.7. The number of hydrogen-bond acceptors (Lipinski definition) is 3. The van der Waals surface area contributed by atoms with Gasteiger partial charge in [0.05, 0.1) is 0 Å². The van der Waals surface area contributed by atoms with Crippen LogP contribution in [0.4, 0.5) is 0 Å². The Balaban J connectivity index is 1.38. The van der Waals surface area contributed by atoms with Crippen molar-refractivity contribution < 1.29 is 0 Å². The summed E-state index contributed by atoms with van der Waals surface area (Å²) >= 11 is 0. The van der Waals surface area contributed by atoms with Crippen molar-refractivity contribution in [1.82, 2.24) is 14.2 Å². The molecule has 0 amide bonds. The lowest BCUT2D eigenvalue weighted by atomic mass is 9.30. The molecule has 0 spiro atoms. The summed E-state index contributed by atoms with van der Waals surface area (Å²) in [6.07, 6.45) is 45.1. The topological polar surface area (TPSA) is 9.72 Å². The van der Waals surface area contributed by atoms with Crippen molar-refractivity contribution in [2.75, 3.05) is 0 Å². The molecule has 6 heteroatoms. The van der Waals surface area contributed by atoms with Crippen LogP contribution in [0.1, 0.15) is 193 Å². The number of rotatable bonds is 6. The lowest BCUT2D eigenvalue weighted by Crippen LogP contribution is -2.84. The summed E-state index contributed by atoms with van der Waals surface area (Å²) in [6, 6.07) is 2.55. The molecule has 7 aliphatic rings. The fraction of sp³-hybridized carbons (Fsp3) is 1.00. The molecule has 1 heterocycles. The van der Waals surface area contributed by atoms with Crippen molar-refractivity contribution in [2.45, 2.75) is 228 Å². The first-order valence-corrected chi connectivity index (χ1v) is 20.2. The quantitative estimate of drug-likeness (QED) is 0.293. The predicted octanol–water partition coefficient (Wildman–Crippen LogP) is 10.4. The zero-order valence-corrected chi connectivity index (χ0v) is 27.8. The fourth-order valence-corrected chi connectivity index (χ4v) is 12.1. The third kappa shape index (κ3) is 6.63. The lowest BCUT2D eigenvalue weighted by Gasteiger charge is -2.65. The van der Waals surface area contributed by atoms with Crippen LogP contribution in [0.5, 0.6) is 0 Å². The van der Waals surface area contributed by atoms with Gasteiger partial charge >= 0.3 is 0 Å². The molecule has 1 saturated heterocycles. The van der Waals surface area contributed by atoms with Gasteiger partial charge in [-0.25, -0.2) is 0 Å². The van der Waals surface area contributed by atoms with Crippen molar-refractivity contribution in [3.8, 4) is 0 Å². The van der Waals surface area contributed by atoms with E-state index in [1.165, 1.54) is 193 Å². The van der Waals surface area contributed by atoms with Gasteiger partial charge < -0.3 is 14.2 Å². The zero-order valence-electron chi connectivity index (χ0n) is 27.8. The molecule has 6 saturated carbocycles. The molecule has 0 unspecified atom stereocenters. The molecule has 42 heavy (non-hydrogen) atoms. The van der Waals surface area contributed by atoms with Crippen LogP contribution in [-0.4, -0.2) is 53.2 Å². The highest BCUT2D eigenvalue weighted by molar-refractivity contribution is 6.87. The third-order valence-corrected chi connectivity index (χ3v) is 14.0. The van der Waals surface area contributed by atoms with Crippen LogP contribution < -0.4 is 0 Å². The smallest absolute Gasteiger partial charge is 0.293 e. The first kappa shape index (κ1) is 30.7. The minimum Gasteiger partial charge on any atom is -0.354 e. The van der Waals surface area contributed by atoms with Crippen LogP contribution in [0.3, 0.4) is 0 Å². The van der Waals surface area contributed by atoms with Gasteiger partial charge in [0.15, 0.2) is 0 Å². The maximum atomic E-state index is 3.44. The molecule has 7 fully saturated rings. The molecule has 3 nitrogen and oxygen atoms in total. The van der Waals surface area contributed by atoms with E-state index in [-0.39, 0.29) is 0 Å². The molecule has 1 aliphatic heterocycles. The summed E-state index contributed by atoms with van der Waals surface area (Å²) in [7, 11) is 0. The van der Waals surface area contributed by atoms with Gasteiger partial charge in [0.1, 0.15) is 0 Å². The van der Waals surface area contributed by atoms with Gasteiger partial charge in [0.2, 0.25) is 0 Å². The lowest BCUT2D eigenvalue weighted by molar-refractivity contribution is 0.208. The van der Waals surface area contributed by atoms with Crippen molar-refractivity contribution in [3.63, 3.8) is 0 Å². The van der Waals surface area contributed by atoms with E-state index in [1.807, 2.05) is 0 Å². The monoisotopic (exact) mass is 574 g/mol. The standard InChI is InChI=1S/C36H66B3N3/c1-7-19-31(20-8-1)37-40(34-25-13-4-14-26-34)38(32-21-9-2-10-22-32)42(36-29-17-6-18-30-36)39(33-23-11-3-12-24-33)41(37)35-27-15-5-16-28-35/h31-36H,1-30H2. The van der Waals surface area contributed by atoms with Crippen molar-refractivity contribution in [2.24, 2.45) is 0 Å². The minimum atomic E-state index is 0.746. The highest BCUT2D eigenvalue weighted by atomic mass is 15.4. The van der Waals surface area contributed by atoms with Crippen LogP contribution >= 0.6 is 0 Å². The molecular formula is C36H66B3N3. The maximum absolute atomic E-state index is 3.44. The first-order valence-electron chi connectivity index (χ1n) is 20.2. The van der Waals surface area contributed by atoms with Gasteiger partial charge in [-0.05, 0) is 74.1 Å². The summed E-state index contributed by atoms with van der Waals surface area (Å²) < 4.78 is 10.3. The Bertz CT molecular complexity index is 610. The molecule has 0 bridgehead atoms. The van der Waals surface area contributed by atoms with E-state index in [0.29, 0.717) is 0 Å². The van der Waals surface area contributed by atoms with Gasteiger partial charge in [-0.1, -0.05) is 154 Å². The van der Waals surface area contributed by atoms with Crippen LogP contribution in [0.25, 0.3) is 0 Å². The normalized spacial score (nSPS) is 31.3. The Morgan fingerprint density at radius 1 is 0.238 bits per heavy atom. The summed E-state index contributed by atoms with van der Waals surface area (Å²) in [5.41, 5.74) is 0. The highest BCUT2D eigenvalue weighted by Gasteiger charge is 2.62. The average Bonchev–Trinajstić information content (AvgIpc) is 3.09. The molecule has 7 rings (SSSR count). The molecule has 0 aromatic heterocycles. The van der Waals surface area contributed by atoms with Crippen LogP contribution in [0.15, 0.2) is 0 Å². The second kappa shape index (κ2) is 15.1. The number of nitrogens with zero attached hydrogens (tertiary/aromatic N) is 3. The van der Waals surface area contributed by atoms with Gasteiger partial charge in [0, 0.05) is 0 Å². The molecule has 0 aromatic carbocycles. The predicted molar refractivity (Wildman–Crippen MR) is 184 cm³/mol. The first-order chi connectivity index (χ1) is 20.9. The van der Waals surface area contributed by atoms with Gasteiger partial charge in [-0.15, -0.1) is 0 Å². The van der Waals surface area contributed by atoms with Crippen molar-refractivity contribution in [1.29, 1.82) is 0 Å². The highest BCUT2D eigenvalue weighted by Crippen LogP contribution is 2.50. The van der Waals surface area contributed by atoms with Crippen LogP contribution in [-0.2, 0) is 0 Å². The average molecular weight is 573 g/mol. The Kier molecular flexibility index (Phi) is 11.0. The van der Waals surface area contributed by atoms with E-state index in [1.54, 1.807) is 0 Å². The SMILES string of the molecule is C1CCC(B2N(C3CCCCC3)B(C3CCCCC3)N(C3CCCCC3)B(C3CCCCC3)N2C2CCCCC2)CC1. The van der Waals surface area contributed by atoms with Gasteiger partial charge in [-0.2, -0.15) is 0 Å².